The van der Waals surface area contributed by atoms with E-state index in [2.05, 4.69) is 16.7 Å². The molecule has 3 rings (SSSR count). The van der Waals surface area contributed by atoms with Crippen LogP contribution >= 0.6 is 0 Å². The minimum absolute atomic E-state index is 0.0536. The van der Waals surface area contributed by atoms with E-state index >= 15 is 0 Å². The van der Waals surface area contributed by atoms with Crippen LogP contribution in [0.1, 0.15) is 18.9 Å². The van der Waals surface area contributed by atoms with Gasteiger partial charge in [0, 0.05) is 18.2 Å². The van der Waals surface area contributed by atoms with Crippen molar-refractivity contribution in [2.45, 2.75) is 31.2 Å². The number of rotatable bonds is 9. The average molecular weight is 428 g/mol. The van der Waals surface area contributed by atoms with Crippen molar-refractivity contribution in [3.63, 3.8) is 0 Å². The van der Waals surface area contributed by atoms with Gasteiger partial charge < -0.3 is 4.74 Å². The molecule has 0 unspecified atom stereocenters. The molecule has 30 heavy (non-hydrogen) atoms. The molecule has 0 amide bonds. The minimum atomic E-state index is -3.65. The van der Waals surface area contributed by atoms with Crippen LogP contribution < -0.4 is 15.0 Å². The molecule has 0 bridgehead atoms. The van der Waals surface area contributed by atoms with Crippen molar-refractivity contribution in [3.8, 4) is 17.0 Å². The summed E-state index contributed by atoms with van der Waals surface area (Å²) in [7, 11) is -2.06. The van der Waals surface area contributed by atoms with E-state index in [1.165, 1.54) is 10.7 Å². The number of benzene rings is 2. The molecule has 158 valence electrons. The van der Waals surface area contributed by atoms with E-state index in [4.69, 9.17) is 4.74 Å². The number of aromatic nitrogens is 2. The first-order valence-electron chi connectivity index (χ1n) is 9.74. The van der Waals surface area contributed by atoms with Gasteiger partial charge in [-0.2, -0.15) is 5.10 Å². The highest BCUT2D eigenvalue weighted by molar-refractivity contribution is 7.89. The van der Waals surface area contributed by atoms with Gasteiger partial charge in [0.15, 0.2) is 0 Å². The first kappa shape index (κ1) is 21.7. The Bertz CT molecular complexity index is 1140. The number of hydrogen-bond acceptors (Lipinski definition) is 5. The summed E-state index contributed by atoms with van der Waals surface area (Å²) in [5, 5.41) is 4.35. The lowest BCUT2D eigenvalue weighted by atomic mass is 10.1. The molecule has 8 heteroatoms. The molecule has 0 aliphatic carbocycles. The van der Waals surface area contributed by atoms with Crippen molar-refractivity contribution in [1.29, 1.82) is 0 Å². The van der Waals surface area contributed by atoms with Gasteiger partial charge in [0.25, 0.3) is 5.56 Å². The lowest BCUT2D eigenvalue weighted by Crippen LogP contribution is -2.32. The van der Waals surface area contributed by atoms with Gasteiger partial charge in [0.2, 0.25) is 10.0 Å². The highest BCUT2D eigenvalue weighted by atomic mass is 32.2. The highest BCUT2D eigenvalue weighted by Gasteiger charge is 2.13. The van der Waals surface area contributed by atoms with Crippen LogP contribution in [0.5, 0.6) is 5.75 Å². The van der Waals surface area contributed by atoms with Crippen LogP contribution in [-0.4, -0.2) is 31.9 Å². The van der Waals surface area contributed by atoms with Crippen LogP contribution in [-0.2, 0) is 23.0 Å². The molecule has 7 nitrogen and oxygen atoms in total. The Morgan fingerprint density at radius 1 is 1.00 bits per heavy atom. The van der Waals surface area contributed by atoms with Crippen molar-refractivity contribution in [1.82, 2.24) is 14.5 Å². The summed E-state index contributed by atoms with van der Waals surface area (Å²) in [6.07, 6.45) is 1.91. The Labute approximate surface area is 176 Å². The van der Waals surface area contributed by atoms with Crippen LogP contribution in [0.2, 0.25) is 0 Å². The first-order chi connectivity index (χ1) is 14.4. The van der Waals surface area contributed by atoms with Gasteiger partial charge >= 0.3 is 0 Å². The summed E-state index contributed by atoms with van der Waals surface area (Å²) in [4.78, 5) is 12.3. The van der Waals surface area contributed by atoms with Crippen molar-refractivity contribution < 1.29 is 13.2 Å². The summed E-state index contributed by atoms with van der Waals surface area (Å²) in [5.74, 6) is 0.726. The van der Waals surface area contributed by atoms with E-state index in [-0.39, 0.29) is 23.5 Å². The van der Waals surface area contributed by atoms with Crippen molar-refractivity contribution >= 4 is 10.0 Å². The third kappa shape index (κ3) is 5.34. The van der Waals surface area contributed by atoms with Gasteiger partial charge in [-0.3, -0.25) is 4.79 Å². The Morgan fingerprint density at radius 2 is 1.70 bits per heavy atom. The number of ether oxygens (including phenoxy) is 1. The van der Waals surface area contributed by atoms with Crippen LogP contribution in [0.15, 0.2) is 70.4 Å². The Morgan fingerprint density at radius 3 is 2.33 bits per heavy atom. The summed E-state index contributed by atoms with van der Waals surface area (Å²) in [6, 6.07) is 17.2. The molecule has 3 aromatic rings. The smallest absolute Gasteiger partial charge is 0.266 e. The molecule has 0 spiro atoms. The van der Waals surface area contributed by atoms with Gasteiger partial charge in [-0.15, -0.1) is 0 Å². The maximum Gasteiger partial charge on any atom is 0.266 e. The van der Waals surface area contributed by atoms with E-state index in [9.17, 15) is 13.2 Å². The van der Waals surface area contributed by atoms with Crippen molar-refractivity contribution in [3.05, 3.63) is 76.6 Å². The standard InChI is InChI=1S/C22H25N3O4S/c1-3-4-17-5-11-20(12-6-17)30(27,28)23-15-16-25-22(26)14-13-21(24-25)18-7-9-19(29-2)10-8-18/h5-14,23H,3-4,15-16H2,1-2H3. The van der Waals surface area contributed by atoms with Crippen molar-refractivity contribution in [2.24, 2.45) is 0 Å². The molecular weight excluding hydrogens is 402 g/mol. The lowest BCUT2D eigenvalue weighted by molar-refractivity contribution is 0.415. The molecule has 0 aliphatic rings. The van der Waals surface area contributed by atoms with Gasteiger partial charge in [-0.05, 0) is 54.4 Å². The van der Waals surface area contributed by atoms with Gasteiger partial charge in [0.1, 0.15) is 5.75 Å². The third-order valence-electron chi connectivity index (χ3n) is 4.64. The van der Waals surface area contributed by atoms with Gasteiger partial charge in [-0.25, -0.2) is 17.8 Å². The summed E-state index contributed by atoms with van der Waals surface area (Å²) in [5.41, 5.74) is 2.25. The van der Waals surface area contributed by atoms with E-state index in [1.54, 1.807) is 25.3 Å². The number of methoxy groups -OCH3 is 1. The number of sulfonamides is 1. The highest BCUT2D eigenvalue weighted by Crippen LogP contribution is 2.19. The second kappa shape index (κ2) is 9.69. The van der Waals surface area contributed by atoms with Gasteiger partial charge in [-0.1, -0.05) is 25.5 Å². The largest absolute Gasteiger partial charge is 0.497 e. The molecule has 1 heterocycles. The number of nitrogens with one attached hydrogen (secondary N) is 1. The normalized spacial score (nSPS) is 11.4. The molecule has 2 aromatic carbocycles. The van der Waals surface area contributed by atoms with E-state index < -0.39 is 10.0 Å². The maximum absolute atomic E-state index is 12.5. The van der Waals surface area contributed by atoms with Crippen LogP contribution in [0.3, 0.4) is 0 Å². The number of nitrogens with zero attached hydrogens (tertiary/aromatic N) is 2. The average Bonchev–Trinajstić information content (AvgIpc) is 2.76. The summed E-state index contributed by atoms with van der Waals surface area (Å²) < 4.78 is 33.9. The summed E-state index contributed by atoms with van der Waals surface area (Å²) >= 11 is 0. The quantitative estimate of drug-likeness (QED) is 0.567. The molecule has 0 aliphatic heterocycles. The molecule has 0 radical (unpaired) electrons. The zero-order chi connectivity index (χ0) is 21.6. The molecule has 0 saturated carbocycles. The SMILES string of the molecule is CCCc1ccc(S(=O)(=O)NCCn2nc(-c3ccc(OC)cc3)ccc2=O)cc1. The van der Waals surface area contributed by atoms with Crippen LogP contribution in [0.4, 0.5) is 0 Å². The fourth-order valence-corrected chi connectivity index (χ4v) is 4.04. The third-order valence-corrected chi connectivity index (χ3v) is 6.12. The maximum atomic E-state index is 12.5. The molecule has 1 N–H and O–H groups in total. The predicted octanol–water partition coefficient (Wildman–Crippen LogP) is 2.85. The Balaban J connectivity index is 1.68. The molecule has 0 atom stereocenters. The summed E-state index contributed by atoms with van der Waals surface area (Å²) in [6.45, 7) is 2.25. The Kier molecular flexibility index (Phi) is 7.02. The van der Waals surface area contributed by atoms with Gasteiger partial charge in [0.05, 0.1) is 24.2 Å². The zero-order valence-electron chi connectivity index (χ0n) is 17.0. The second-order valence-corrected chi connectivity index (χ2v) is 8.57. The fourth-order valence-electron chi connectivity index (χ4n) is 3.02. The lowest BCUT2D eigenvalue weighted by Gasteiger charge is -2.10. The van der Waals surface area contributed by atoms with Crippen LogP contribution in [0, 0.1) is 0 Å². The number of aryl methyl sites for hydroxylation is 1. The fraction of sp³-hybridized carbons (Fsp3) is 0.273. The topological polar surface area (TPSA) is 90.3 Å². The monoisotopic (exact) mass is 427 g/mol. The Hall–Kier alpha value is -2.97. The first-order valence-corrected chi connectivity index (χ1v) is 11.2. The van der Waals surface area contributed by atoms with Crippen molar-refractivity contribution in [2.75, 3.05) is 13.7 Å². The van der Waals surface area contributed by atoms with E-state index in [0.29, 0.717) is 5.69 Å². The number of hydrogen-bond donors (Lipinski definition) is 1. The molecule has 0 fully saturated rings. The van der Waals surface area contributed by atoms with E-state index in [0.717, 1.165) is 29.7 Å². The van der Waals surface area contributed by atoms with Crippen LogP contribution in [0.25, 0.3) is 11.3 Å². The molecule has 1 aromatic heterocycles. The molecular formula is C22H25N3O4S. The predicted molar refractivity (Wildman–Crippen MR) is 116 cm³/mol. The zero-order valence-corrected chi connectivity index (χ0v) is 17.9. The molecule has 0 saturated heterocycles. The second-order valence-electron chi connectivity index (χ2n) is 6.80. The van der Waals surface area contributed by atoms with E-state index in [1.807, 2.05) is 36.4 Å². The minimum Gasteiger partial charge on any atom is -0.497 e.